The Morgan fingerprint density at radius 3 is 2.71 bits per heavy atom. The van der Waals surface area contributed by atoms with Crippen molar-refractivity contribution < 1.29 is 13.2 Å². The smallest absolute Gasteiger partial charge is 0.304 e. The lowest BCUT2D eigenvalue weighted by Crippen LogP contribution is -2.45. The minimum absolute atomic E-state index is 0.0807. The largest absolute Gasteiger partial charge is 0.305 e. The van der Waals surface area contributed by atoms with E-state index in [2.05, 4.69) is 25.5 Å². The second kappa shape index (κ2) is 7.34. The van der Waals surface area contributed by atoms with Gasteiger partial charge in [0.15, 0.2) is 11.5 Å². The van der Waals surface area contributed by atoms with Crippen molar-refractivity contribution in [3.63, 3.8) is 0 Å². The maximum Gasteiger partial charge on any atom is 0.304 e. The summed E-state index contributed by atoms with van der Waals surface area (Å²) in [6.45, 7) is 2.00. The molecule has 1 saturated heterocycles. The Morgan fingerprint density at radius 1 is 1.18 bits per heavy atom. The summed E-state index contributed by atoms with van der Waals surface area (Å²) in [5.41, 5.74) is 3.66. The van der Waals surface area contributed by atoms with Crippen molar-refractivity contribution in [1.82, 2.24) is 29.7 Å². The molecule has 148 valence electrons. The van der Waals surface area contributed by atoms with Gasteiger partial charge in [-0.05, 0) is 31.4 Å². The molecule has 28 heavy (non-hydrogen) atoms. The highest BCUT2D eigenvalue weighted by atomic mass is 19.3. The summed E-state index contributed by atoms with van der Waals surface area (Å²) in [6, 6.07) is 1.17. The number of alkyl halides is 2. The van der Waals surface area contributed by atoms with Gasteiger partial charge in [0.1, 0.15) is 12.0 Å². The van der Waals surface area contributed by atoms with Crippen molar-refractivity contribution in [3.8, 4) is 0 Å². The molecule has 1 N–H and O–H groups in total. The molecule has 0 radical (unpaired) electrons. The topological polar surface area (TPSA) is 71.8 Å². The molecule has 0 bridgehead atoms. The molecular weight excluding hydrogens is 371 g/mol. The first kappa shape index (κ1) is 18.6. The van der Waals surface area contributed by atoms with E-state index in [4.69, 9.17) is 0 Å². The van der Waals surface area contributed by atoms with Crippen LogP contribution < -0.4 is 5.43 Å². The number of rotatable bonds is 5. The minimum Gasteiger partial charge on any atom is -0.305 e. The number of hydrogen-bond acceptors (Lipinski definition) is 6. The van der Waals surface area contributed by atoms with Gasteiger partial charge in [-0.25, -0.2) is 14.4 Å². The van der Waals surface area contributed by atoms with Crippen LogP contribution in [-0.4, -0.2) is 55.4 Å². The molecule has 1 fully saturated rings. The lowest BCUT2D eigenvalue weighted by molar-refractivity contribution is -0.0488. The monoisotopic (exact) mass is 391 g/mol. The molecule has 0 atom stereocenters. The van der Waals surface area contributed by atoms with Crippen LogP contribution in [0, 0.1) is 12.7 Å². The van der Waals surface area contributed by atoms with Crippen LogP contribution in [0.5, 0.6) is 0 Å². The summed E-state index contributed by atoms with van der Waals surface area (Å²) in [4.78, 5) is 15.0. The van der Waals surface area contributed by atoms with E-state index in [0.717, 1.165) is 11.5 Å². The van der Waals surface area contributed by atoms with Gasteiger partial charge in [-0.15, -0.1) is 0 Å². The molecule has 10 heteroatoms. The van der Waals surface area contributed by atoms with Gasteiger partial charge in [-0.1, -0.05) is 0 Å². The third-order valence-corrected chi connectivity index (χ3v) is 4.87. The van der Waals surface area contributed by atoms with Gasteiger partial charge in [-0.3, -0.25) is 9.88 Å². The highest BCUT2D eigenvalue weighted by molar-refractivity contribution is 5.72. The summed E-state index contributed by atoms with van der Waals surface area (Å²) in [5, 5.41) is 5.06. The highest BCUT2D eigenvalue weighted by Gasteiger charge is 2.39. The van der Waals surface area contributed by atoms with Crippen LogP contribution in [0.1, 0.15) is 24.1 Å². The number of nitrogens with zero attached hydrogens (tertiary/aromatic N) is 6. The van der Waals surface area contributed by atoms with Gasteiger partial charge in [0.25, 0.3) is 0 Å². The number of halogens is 3. The van der Waals surface area contributed by atoms with Crippen LogP contribution in [0.4, 0.5) is 13.2 Å². The molecule has 3 aromatic rings. The van der Waals surface area contributed by atoms with E-state index in [0.29, 0.717) is 37.1 Å². The molecule has 0 saturated carbocycles. The van der Waals surface area contributed by atoms with E-state index >= 15 is 0 Å². The fraction of sp³-hybridized carbons (Fsp3) is 0.444. The van der Waals surface area contributed by atoms with Crippen molar-refractivity contribution >= 4 is 11.0 Å². The van der Waals surface area contributed by atoms with Crippen LogP contribution in [0.2, 0.25) is 0 Å². The van der Waals surface area contributed by atoms with Crippen molar-refractivity contribution in [3.05, 3.63) is 48.1 Å². The number of hydrogen-bond donors (Lipinski definition) is 1. The Bertz CT molecular complexity index is 967. The molecule has 4 heterocycles. The summed E-state index contributed by atoms with van der Waals surface area (Å²) < 4.78 is 43.0. The van der Waals surface area contributed by atoms with Gasteiger partial charge < -0.3 is 5.43 Å². The van der Waals surface area contributed by atoms with E-state index in [1.165, 1.54) is 12.5 Å². The van der Waals surface area contributed by atoms with Gasteiger partial charge in [-0.2, -0.15) is 18.7 Å². The van der Waals surface area contributed by atoms with Gasteiger partial charge >= 0.3 is 5.92 Å². The fourth-order valence-corrected chi connectivity index (χ4v) is 3.42. The standard InChI is InChI=1S/C18H20F3N7/c1-12-6-15(19)16(23-7-12)18(20,21)10-27-4-2-14(3-5-27)26-28-17-13(9-25-28)8-22-11-24-17/h6-9,11,14,26H,2-5,10H2,1H3. The zero-order chi connectivity index (χ0) is 19.7. The molecule has 0 amide bonds. The maximum absolute atomic E-state index is 14.5. The van der Waals surface area contributed by atoms with Crippen LogP contribution in [0.25, 0.3) is 11.0 Å². The third-order valence-electron chi connectivity index (χ3n) is 4.87. The Balaban J connectivity index is 1.36. The Labute approximate surface area is 159 Å². The quantitative estimate of drug-likeness (QED) is 0.721. The molecule has 3 aromatic heterocycles. The zero-order valence-corrected chi connectivity index (χ0v) is 15.3. The summed E-state index contributed by atoms with van der Waals surface area (Å²) in [7, 11) is 0. The number of nitrogens with one attached hydrogen (secondary N) is 1. The van der Waals surface area contributed by atoms with E-state index in [9.17, 15) is 13.2 Å². The van der Waals surface area contributed by atoms with E-state index in [1.807, 2.05) is 0 Å². The van der Waals surface area contributed by atoms with Crippen LogP contribution in [0.3, 0.4) is 0 Å². The first-order valence-corrected chi connectivity index (χ1v) is 9.05. The van der Waals surface area contributed by atoms with E-state index < -0.39 is 24.0 Å². The van der Waals surface area contributed by atoms with Crippen molar-refractivity contribution in [2.45, 2.75) is 31.7 Å². The fourth-order valence-electron chi connectivity index (χ4n) is 3.42. The lowest BCUT2D eigenvalue weighted by atomic mass is 10.0. The molecule has 7 nitrogen and oxygen atoms in total. The number of pyridine rings is 1. The van der Waals surface area contributed by atoms with Crippen molar-refractivity contribution in [2.24, 2.45) is 0 Å². The Kier molecular flexibility index (Phi) is 4.88. The predicted octanol–water partition coefficient (Wildman–Crippen LogP) is 2.47. The Morgan fingerprint density at radius 2 is 1.96 bits per heavy atom. The summed E-state index contributed by atoms with van der Waals surface area (Å²) in [5.74, 6) is -4.30. The van der Waals surface area contributed by atoms with E-state index in [-0.39, 0.29) is 6.04 Å². The molecular formula is C18H20F3N7. The van der Waals surface area contributed by atoms with E-state index in [1.54, 1.807) is 29.0 Å². The molecule has 4 rings (SSSR count). The third kappa shape index (κ3) is 3.77. The van der Waals surface area contributed by atoms with Crippen LogP contribution >= 0.6 is 0 Å². The average molecular weight is 391 g/mol. The molecule has 0 aliphatic carbocycles. The molecule has 0 aromatic carbocycles. The van der Waals surface area contributed by atoms with Crippen LogP contribution in [0.15, 0.2) is 31.0 Å². The number of aryl methyl sites for hydroxylation is 1. The maximum atomic E-state index is 14.5. The van der Waals surface area contributed by atoms with Crippen molar-refractivity contribution in [2.75, 3.05) is 25.1 Å². The first-order chi connectivity index (χ1) is 13.4. The Hall–Kier alpha value is -2.75. The normalized spacial score (nSPS) is 16.6. The average Bonchev–Trinajstić information content (AvgIpc) is 3.06. The van der Waals surface area contributed by atoms with Crippen LogP contribution in [-0.2, 0) is 5.92 Å². The molecule has 0 spiro atoms. The summed E-state index contributed by atoms with van der Waals surface area (Å²) in [6.07, 6.45) is 7.38. The number of likely N-dealkylation sites (tertiary alicyclic amines) is 1. The van der Waals surface area contributed by atoms with Gasteiger partial charge in [0, 0.05) is 31.5 Å². The highest BCUT2D eigenvalue weighted by Crippen LogP contribution is 2.30. The van der Waals surface area contributed by atoms with Crippen molar-refractivity contribution in [1.29, 1.82) is 0 Å². The van der Waals surface area contributed by atoms with Gasteiger partial charge in [0.2, 0.25) is 0 Å². The lowest BCUT2D eigenvalue weighted by Gasteiger charge is -2.34. The predicted molar refractivity (Wildman–Crippen MR) is 97.0 cm³/mol. The SMILES string of the molecule is Cc1cnc(C(F)(F)CN2CCC(Nn3ncc4cncnc43)CC2)c(F)c1. The second-order valence-electron chi connectivity index (χ2n) is 7.09. The number of aromatic nitrogens is 5. The summed E-state index contributed by atoms with van der Waals surface area (Å²) >= 11 is 0. The minimum atomic E-state index is -3.34. The number of piperidine rings is 1. The molecule has 0 unspecified atom stereocenters. The second-order valence-corrected chi connectivity index (χ2v) is 7.09. The molecule has 1 aliphatic heterocycles. The molecule has 1 aliphatic rings. The van der Waals surface area contributed by atoms with Gasteiger partial charge in [0.05, 0.1) is 18.1 Å². The number of fused-ring (bicyclic) bond motifs is 1. The zero-order valence-electron chi connectivity index (χ0n) is 15.3. The first-order valence-electron chi connectivity index (χ1n) is 9.05.